The first-order chi connectivity index (χ1) is 19.9. The third-order valence-electron chi connectivity index (χ3n) is 6.52. The maximum absolute atomic E-state index is 13.3. The maximum atomic E-state index is 13.3. The summed E-state index contributed by atoms with van der Waals surface area (Å²) in [6, 6.07) is 25.3. The van der Waals surface area contributed by atoms with Gasteiger partial charge in [0.15, 0.2) is 5.76 Å². The van der Waals surface area contributed by atoms with Crippen LogP contribution in [0.2, 0.25) is 0 Å². The zero-order valence-corrected chi connectivity index (χ0v) is 21.7. The van der Waals surface area contributed by atoms with E-state index in [1.54, 1.807) is 31.2 Å². The van der Waals surface area contributed by atoms with Crippen LogP contribution in [0.3, 0.4) is 0 Å². The van der Waals surface area contributed by atoms with Crippen LogP contribution in [0.5, 0.6) is 17.2 Å². The number of ether oxygens (including phenoxy) is 3. The van der Waals surface area contributed by atoms with Crippen molar-refractivity contribution >= 4 is 34.5 Å². The fourth-order valence-electron chi connectivity index (χ4n) is 4.55. The van der Waals surface area contributed by atoms with Crippen LogP contribution >= 0.6 is 0 Å². The molecule has 202 valence electrons. The van der Waals surface area contributed by atoms with Crippen molar-refractivity contribution in [1.29, 1.82) is 0 Å². The monoisotopic (exact) mass is 547 g/mol. The van der Waals surface area contributed by atoms with E-state index in [0.717, 1.165) is 5.56 Å². The lowest BCUT2D eigenvalue weighted by Crippen LogP contribution is -2.09. The molecule has 0 saturated heterocycles. The van der Waals surface area contributed by atoms with Crippen molar-refractivity contribution in [2.24, 2.45) is 0 Å². The molecule has 9 nitrogen and oxygen atoms in total. The third-order valence-corrected chi connectivity index (χ3v) is 6.52. The minimum atomic E-state index is -0.641. The Morgan fingerprint density at radius 2 is 1.76 bits per heavy atom. The number of hydrogen-bond donors (Lipinski definition) is 0. The van der Waals surface area contributed by atoms with Gasteiger partial charge in [0.25, 0.3) is 5.69 Å². The highest BCUT2D eigenvalue weighted by Crippen LogP contribution is 2.36. The van der Waals surface area contributed by atoms with Gasteiger partial charge in [-0.05, 0) is 54.5 Å². The van der Waals surface area contributed by atoms with Crippen LogP contribution in [-0.4, -0.2) is 16.7 Å². The van der Waals surface area contributed by atoms with Gasteiger partial charge in [0.2, 0.25) is 5.78 Å². The molecule has 0 N–H and O–H groups in total. The van der Waals surface area contributed by atoms with Crippen molar-refractivity contribution in [2.45, 2.75) is 13.5 Å². The first kappa shape index (κ1) is 25.6. The average Bonchev–Trinajstić information content (AvgIpc) is 3.46. The molecular formula is C32H21NO8. The predicted molar refractivity (Wildman–Crippen MR) is 149 cm³/mol. The molecule has 1 aliphatic rings. The number of esters is 1. The van der Waals surface area contributed by atoms with E-state index >= 15 is 0 Å². The lowest BCUT2D eigenvalue weighted by atomic mass is 10.1. The van der Waals surface area contributed by atoms with Gasteiger partial charge in [0, 0.05) is 23.6 Å². The molecule has 1 aromatic heterocycles. The van der Waals surface area contributed by atoms with Gasteiger partial charge in [0.1, 0.15) is 40.8 Å². The van der Waals surface area contributed by atoms with Crippen molar-refractivity contribution < 1.29 is 33.1 Å². The smallest absolute Gasteiger partial charge is 0.347 e. The average molecular weight is 548 g/mol. The van der Waals surface area contributed by atoms with Crippen LogP contribution in [0.1, 0.15) is 37.6 Å². The molecular weight excluding hydrogens is 526 g/mol. The quantitative estimate of drug-likeness (QED) is 0.0698. The third kappa shape index (κ3) is 5.16. The molecule has 0 fully saturated rings. The highest BCUT2D eigenvalue weighted by molar-refractivity contribution is 6.14. The summed E-state index contributed by atoms with van der Waals surface area (Å²) in [6.07, 6.45) is 1.43. The summed E-state index contributed by atoms with van der Waals surface area (Å²) in [4.78, 5) is 36.7. The van der Waals surface area contributed by atoms with Gasteiger partial charge in [-0.3, -0.25) is 14.9 Å². The highest BCUT2D eigenvalue weighted by atomic mass is 16.6. The Kier molecular flexibility index (Phi) is 6.52. The molecule has 0 unspecified atom stereocenters. The number of Topliss-reactive ketones (excluding diaryl/α,β-unsaturated/α-hetero) is 1. The number of carbonyl (C=O) groups excluding carboxylic acids is 2. The molecule has 0 radical (unpaired) electrons. The van der Waals surface area contributed by atoms with Crippen LogP contribution in [-0.2, 0) is 6.61 Å². The number of nitrogens with zero attached hydrogens (tertiary/aromatic N) is 1. The van der Waals surface area contributed by atoms with Crippen molar-refractivity contribution in [2.75, 3.05) is 0 Å². The summed E-state index contributed by atoms with van der Waals surface area (Å²) >= 11 is 0. The Bertz CT molecular complexity index is 1870. The molecule has 9 heteroatoms. The van der Waals surface area contributed by atoms with Gasteiger partial charge in [-0.2, -0.15) is 0 Å². The van der Waals surface area contributed by atoms with Crippen LogP contribution < -0.4 is 14.2 Å². The predicted octanol–water partition coefficient (Wildman–Crippen LogP) is 7.06. The zero-order chi connectivity index (χ0) is 28.5. The number of hydrogen-bond acceptors (Lipinski definition) is 8. The van der Waals surface area contributed by atoms with Crippen molar-refractivity contribution in [3.63, 3.8) is 0 Å². The number of non-ortho nitro benzene ring substituents is 1. The highest BCUT2D eigenvalue weighted by Gasteiger charge is 2.29. The van der Waals surface area contributed by atoms with E-state index in [-0.39, 0.29) is 39.9 Å². The van der Waals surface area contributed by atoms with Crippen LogP contribution in [0, 0.1) is 17.0 Å². The largest absolute Gasteiger partial charge is 0.489 e. The zero-order valence-electron chi connectivity index (χ0n) is 21.7. The standard InChI is InChI=1S/C32H21NO8/c1-19-30(26-16-23(11-13-27(26)39-19)38-18-20-6-3-2-4-7-20)32(35)40-24-10-12-25-28(17-24)41-29(31(25)34)15-21-8-5-9-22(14-21)33(36)37/h2-17H,18H2,1H3/b29-15-. The van der Waals surface area contributed by atoms with Crippen LogP contribution in [0.4, 0.5) is 5.69 Å². The fraction of sp³-hybridized carbons (Fsp3) is 0.0625. The number of rotatable bonds is 7. The second-order valence-corrected chi connectivity index (χ2v) is 9.30. The van der Waals surface area contributed by atoms with Gasteiger partial charge >= 0.3 is 5.97 Å². The normalized spacial score (nSPS) is 13.2. The van der Waals surface area contributed by atoms with Gasteiger partial charge < -0.3 is 18.6 Å². The van der Waals surface area contributed by atoms with E-state index in [2.05, 4.69) is 0 Å². The second kappa shape index (κ2) is 10.5. The molecule has 0 atom stereocenters. The number of allylic oxidation sites excluding steroid dienone is 1. The maximum Gasteiger partial charge on any atom is 0.347 e. The molecule has 6 rings (SSSR count). The van der Waals surface area contributed by atoms with Gasteiger partial charge in [0.05, 0.1) is 10.5 Å². The molecule has 2 heterocycles. The topological polar surface area (TPSA) is 118 Å². The number of ketones is 1. The Morgan fingerprint density at radius 1 is 0.951 bits per heavy atom. The van der Waals surface area contributed by atoms with Gasteiger partial charge in [-0.25, -0.2) is 4.79 Å². The molecule has 4 aromatic carbocycles. The molecule has 0 bridgehead atoms. The van der Waals surface area contributed by atoms with Gasteiger partial charge in [-0.15, -0.1) is 0 Å². The SMILES string of the molecule is Cc1oc2ccc(OCc3ccccc3)cc2c1C(=O)Oc1ccc2c(c1)O/C(=C\c1cccc([N+](=O)[O-])c1)C2=O. The van der Waals surface area contributed by atoms with Crippen LogP contribution in [0.25, 0.3) is 17.0 Å². The lowest BCUT2D eigenvalue weighted by Gasteiger charge is -2.07. The number of benzene rings is 4. The Labute approximate surface area is 233 Å². The number of aryl methyl sites for hydroxylation is 1. The van der Waals surface area contributed by atoms with E-state index in [9.17, 15) is 19.7 Å². The minimum Gasteiger partial charge on any atom is -0.489 e. The number of nitro benzene ring substituents is 1. The summed E-state index contributed by atoms with van der Waals surface area (Å²) in [6.45, 7) is 2.05. The summed E-state index contributed by atoms with van der Waals surface area (Å²) in [5.74, 6) is 0.320. The summed E-state index contributed by atoms with van der Waals surface area (Å²) < 4.78 is 23.1. The van der Waals surface area contributed by atoms with E-state index in [1.165, 1.54) is 42.5 Å². The number of furan rings is 1. The van der Waals surface area contributed by atoms with Crippen molar-refractivity contribution in [3.05, 3.63) is 135 Å². The molecule has 0 aliphatic carbocycles. The molecule has 0 saturated carbocycles. The number of fused-ring (bicyclic) bond motifs is 2. The lowest BCUT2D eigenvalue weighted by molar-refractivity contribution is -0.384. The molecule has 0 amide bonds. The summed E-state index contributed by atoms with van der Waals surface area (Å²) in [7, 11) is 0. The second-order valence-electron chi connectivity index (χ2n) is 9.30. The first-order valence-electron chi connectivity index (χ1n) is 12.6. The van der Waals surface area contributed by atoms with Crippen LogP contribution in [0.15, 0.2) is 101 Å². The molecule has 5 aromatic rings. The number of carbonyl (C=O) groups is 2. The van der Waals surface area contributed by atoms with Crippen molar-refractivity contribution in [3.8, 4) is 17.2 Å². The first-order valence-corrected chi connectivity index (χ1v) is 12.6. The van der Waals surface area contributed by atoms with E-state index < -0.39 is 10.9 Å². The minimum absolute atomic E-state index is 0.00341. The summed E-state index contributed by atoms with van der Waals surface area (Å²) in [5.41, 5.74) is 2.40. The fourth-order valence-corrected chi connectivity index (χ4v) is 4.55. The van der Waals surface area contributed by atoms with Gasteiger partial charge in [-0.1, -0.05) is 42.5 Å². The van der Waals surface area contributed by atoms with E-state index in [4.69, 9.17) is 18.6 Å². The Morgan fingerprint density at radius 3 is 2.56 bits per heavy atom. The number of nitro groups is 1. The van der Waals surface area contributed by atoms with E-state index in [0.29, 0.717) is 34.6 Å². The van der Waals surface area contributed by atoms with Crippen molar-refractivity contribution in [1.82, 2.24) is 0 Å². The Balaban J connectivity index is 1.21. The molecule has 1 aliphatic heterocycles. The molecule has 41 heavy (non-hydrogen) atoms. The molecule has 0 spiro atoms. The van der Waals surface area contributed by atoms with E-state index in [1.807, 2.05) is 30.3 Å². The Hall–Kier alpha value is -5.70. The summed E-state index contributed by atoms with van der Waals surface area (Å²) in [5, 5.41) is 11.6.